The van der Waals surface area contributed by atoms with Crippen molar-refractivity contribution in [2.45, 2.75) is 58.0 Å². The Balaban J connectivity index is 1.68. The van der Waals surface area contributed by atoms with E-state index >= 15 is 0 Å². The number of rotatable bonds is 7. The number of nitrogens with zero attached hydrogens (tertiary/aromatic N) is 1. The zero-order chi connectivity index (χ0) is 16.3. The first-order valence-corrected chi connectivity index (χ1v) is 9.50. The number of thiophene rings is 1. The normalized spacial score (nSPS) is 16.1. The van der Waals surface area contributed by atoms with Crippen molar-refractivity contribution in [2.24, 2.45) is 4.99 Å². The molecule has 23 heavy (non-hydrogen) atoms. The molecule has 0 unspecified atom stereocenters. The molecule has 0 aromatic carbocycles. The monoisotopic (exact) mass is 336 g/mol. The van der Waals surface area contributed by atoms with E-state index in [1.165, 1.54) is 24.1 Å². The molecular formula is C17H28N4OS. The third-order valence-corrected chi connectivity index (χ3v) is 4.79. The van der Waals surface area contributed by atoms with Crippen LogP contribution in [0.4, 0.5) is 0 Å². The smallest absolute Gasteiger partial charge is 0.221 e. The lowest BCUT2D eigenvalue weighted by atomic mass is 9.95. The Morgan fingerprint density at radius 3 is 2.83 bits per heavy atom. The van der Waals surface area contributed by atoms with Crippen LogP contribution in [0.25, 0.3) is 0 Å². The van der Waals surface area contributed by atoms with Crippen LogP contribution in [0.2, 0.25) is 0 Å². The SMILES string of the molecule is CCNC(=NCc1cccs1)NCCC(=O)NC1CCCCC1. The molecule has 0 radical (unpaired) electrons. The lowest BCUT2D eigenvalue weighted by molar-refractivity contribution is -0.121. The number of carbonyl (C=O) groups is 1. The fourth-order valence-corrected chi connectivity index (χ4v) is 3.37. The molecule has 1 saturated carbocycles. The highest BCUT2D eigenvalue weighted by Gasteiger charge is 2.15. The van der Waals surface area contributed by atoms with Gasteiger partial charge in [-0.3, -0.25) is 4.79 Å². The first-order chi connectivity index (χ1) is 11.3. The molecule has 0 saturated heterocycles. The molecule has 5 nitrogen and oxygen atoms in total. The highest BCUT2D eigenvalue weighted by atomic mass is 32.1. The Morgan fingerprint density at radius 1 is 1.30 bits per heavy atom. The number of nitrogens with one attached hydrogen (secondary N) is 3. The molecule has 0 aliphatic heterocycles. The highest BCUT2D eigenvalue weighted by Crippen LogP contribution is 2.17. The van der Waals surface area contributed by atoms with Crippen molar-refractivity contribution in [1.82, 2.24) is 16.0 Å². The van der Waals surface area contributed by atoms with E-state index in [1.807, 2.05) is 13.0 Å². The maximum absolute atomic E-state index is 12.0. The second kappa shape index (κ2) is 10.3. The Hall–Kier alpha value is -1.56. The summed E-state index contributed by atoms with van der Waals surface area (Å²) in [6.07, 6.45) is 6.53. The first kappa shape index (κ1) is 17.8. The third-order valence-electron chi connectivity index (χ3n) is 3.93. The van der Waals surface area contributed by atoms with Gasteiger partial charge in [0, 0.05) is 30.4 Å². The van der Waals surface area contributed by atoms with Gasteiger partial charge in [0.1, 0.15) is 0 Å². The van der Waals surface area contributed by atoms with Crippen LogP contribution in [0.3, 0.4) is 0 Å². The van der Waals surface area contributed by atoms with Crippen LogP contribution in [0.5, 0.6) is 0 Å². The summed E-state index contributed by atoms with van der Waals surface area (Å²) < 4.78 is 0. The van der Waals surface area contributed by atoms with Crippen LogP contribution < -0.4 is 16.0 Å². The summed E-state index contributed by atoms with van der Waals surface area (Å²) in [4.78, 5) is 17.8. The van der Waals surface area contributed by atoms with Crippen LogP contribution >= 0.6 is 11.3 Å². The second-order valence-electron chi connectivity index (χ2n) is 5.85. The fourth-order valence-electron chi connectivity index (χ4n) is 2.74. The Kier molecular flexibility index (Phi) is 7.93. The summed E-state index contributed by atoms with van der Waals surface area (Å²) in [6, 6.07) is 4.50. The molecule has 3 N–H and O–H groups in total. The molecule has 1 aliphatic rings. The maximum atomic E-state index is 12.0. The minimum atomic E-state index is 0.138. The molecule has 1 heterocycles. The topological polar surface area (TPSA) is 65.5 Å². The van der Waals surface area contributed by atoms with Gasteiger partial charge in [0.2, 0.25) is 5.91 Å². The minimum Gasteiger partial charge on any atom is -0.357 e. The average molecular weight is 337 g/mol. The molecule has 1 amide bonds. The van der Waals surface area contributed by atoms with Crippen LogP contribution in [0, 0.1) is 0 Å². The van der Waals surface area contributed by atoms with Crippen molar-refractivity contribution >= 4 is 23.2 Å². The van der Waals surface area contributed by atoms with Gasteiger partial charge in [-0.1, -0.05) is 25.3 Å². The third kappa shape index (κ3) is 7.03. The summed E-state index contributed by atoms with van der Waals surface area (Å²) in [6.45, 7) is 4.12. The summed E-state index contributed by atoms with van der Waals surface area (Å²) in [7, 11) is 0. The molecule has 6 heteroatoms. The minimum absolute atomic E-state index is 0.138. The zero-order valence-corrected chi connectivity index (χ0v) is 14.8. The highest BCUT2D eigenvalue weighted by molar-refractivity contribution is 7.09. The number of aliphatic imine (C=N–C) groups is 1. The number of amides is 1. The molecule has 128 valence electrons. The van der Waals surface area contributed by atoms with E-state index < -0.39 is 0 Å². The van der Waals surface area contributed by atoms with Gasteiger partial charge in [0.05, 0.1) is 6.54 Å². The van der Waals surface area contributed by atoms with Gasteiger partial charge in [-0.25, -0.2) is 4.99 Å². The number of guanidine groups is 1. The fraction of sp³-hybridized carbons (Fsp3) is 0.647. The van der Waals surface area contributed by atoms with Crippen molar-refractivity contribution in [2.75, 3.05) is 13.1 Å². The van der Waals surface area contributed by atoms with Crippen LogP contribution in [-0.2, 0) is 11.3 Å². The Labute approximate surface area is 143 Å². The molecule has 0 spiro atoms. The zero-order valence-electron chi connectivity index (χ0n) is 13.9. The molecule has 1 aromatic rings. The number of hydrogen-bond acceptors (Lipinski definition) is 3. The van der Waals surface area contributed by atoms with E-state index in [2.05, 4.69) is 32.4 Å². The number of hydrogen-bond donors (Lipinski definition) is 3. The predicted molar refractivity (Wildman–Crippen MR) is 96.8 cm³/mol. The molecule has 1 fully saturated rings. The van der Waals surface area contributed by atoms with E-state index in [0.29, 0.717) is 25.6 Å². The standard InChI is InChI=1S/C17H28N4OS/c1-2-18-17(20-13-15-9-6-12-23-15)19-11-10-16(22)21-14-7-4-3-5-8-14/h6,9,12,14H,2-5,7-8,10-11,13H2,1H3,(H,21,22)(H2,18,19,20). The molecule has 0 bridgehead atoms. The maximum Gasteiger partial charge on any atom is 0.221 e. The van der Waals surface area contributed by atoms with E-state index in [1.54, 1.807) is 11.3 Å². The van der Waals surface area contributed by atoms with Crippen LogP contribution in [-0.4, -0.2) is 31.0 Å². The molecule has 1 aliphatic carbocycles. The Morgan fingerprint density at radius 2 is 2.13 bits per heavy atom. The summed E-state index contributed by atoms with van der Waals surface area (Å²) >= 11 is 1.70. The summed E-state index contributed by atoms with van der Waals surface area (Å²) in [5, 5.41) is 11.6. The van der Waals surface area contributed by atoms with E-state index in [-0.39, 0.29) is 5.91 Å². The predicted octanol–water partition coefficient (Wildman–Crippen LogP) is 2.64. The molecule has 2 rings (SSSR count). The summed E-state index contributed by atoms with van der Waals surface area (Å²) in [5.41, 5.74) is 0. The van der Waals surface area contributed by atoms with Gasteiger partial charge in [0.25, 0.3) is 0 Å². The van der Waals surface area contributed by atoms with Crippen molar-refractivity contribution in [3.8, 4) is 0 Å². The first-order valence-electron chi connectivity index (χ1n) is 8.62. The van der Waals surface area contributed by atoms with Crippen LogP contribution in [0.1, 0.15) is 50.3 Å². The number of carbonyl (C=O) groups excluding carboxylic acids is 1. The largest absolute Gasteiger partial charge is 0.357 e. The lowest BCUT2D eigenvalue weighted by Gasteiger charge is -2.22. The van der Waals surface area contributed by atoms with Gasteiger partial charge in [-0.15, -0.1) is 11.3 Å². The van der Waals surface area contributed by atoms with Gasteiger partial charge in [-0.05, 0) is 31.2 Å². The average Bonchev–Trinajstić information content (AvgIpc) is 3.07. The van der Waals surface area contributed by atoms with Crippen molar-refractivity contribution in [3.63, 3.8) is 0 Å². The lowest BCUT2D eigenvalue weighted by Crippen LogP contribution is -2.41. The molecular weight excluding hydrogens is 308 g/mol. The summed E-state index contributed by atoms with van der Waals surface area (Å²) in [5.74, 6) is 0.907. The van der Waals surface area contributed by atoms with E-state index in [4.69, 9.17) is 0 Å². The van der Waals surface area contributed by atoms with Crippen molar-refractivity contribution in [1.29, 1.82) is 0 Å². The van der Waals surface area contributed by atoms with Crippen molar-refractivity contribution < 1.29 is 4.79 Å². The molecule has 0 atom stereocenters. The van der Waals surface area contributed by atoms with Gasteiger partial charge >= 0.3 is 0 Å². The van der Waals surface area contributed by atoms with E-state index in [0.717, 1.165) is 25.3 Å². The molecule has 1 aromatic heterocycles. The van der Waals surface area contributed by atoms with Gasteiger partial charge in [-0.2, -0.15) is 0 Å². The van der Waals surface area contributed by atoms with Gasteiger partial charge in [0.15, 0.2) is 5.96 Å². The van der Waals surface area contributed by atoms with Crippen molar-refractivity contribution in [3.05, 3.63) is 22.4 Å². The van der Waals surface area contributed by atoms with E-state index in [9.17, 15) is 4.79 Å². The second-order valence-corrected chi connectivity index (χ2v) is 6.89. The Bertz CT molecular complexity index is 481. The quantitative estimate of drug-likeness (QED) is 0.530. The van der Waals surface area contributed by atoms with Gasteiger partial charge < -0.3 is 16.0 Å². The van der Waals surface area contributed by atoms with Crippen LogP contribution in [0.15, 0.2) is 22.5 Å².